The summed E-state index contributed by atoms with van der Waals surface area (Å²) in [4.78, 5) is 61.8. The molecule has 8 atom stereocenters. The van der Waals surface area contributed by atoms with Gasteiger partial charge in [0, 0.05) is 19.0 Å². The van der Waals surface area contributed by atoms with Crippen molar-refractivity contribution in [1.82, 2.24) is 9.55 Å². The van der Waals surface area contributed by atoms with Crippen molar-refractivity contribution in [3.63, 3.8) is 0 Å². The first kappa shape index (κ1) is 63.0. The average molecular weight is 1040 g/mol. The number of aromatic nitrogens is 2. The molecule has 1 aromatic heterocycles. The number of nitrogen functional groups attached to an aromatic ring is 1. The number of phosphoric acid groups is 2. The van der Waals surface area contributed by atoms with Gasteiger partial charge in [0.2, 0.25) is 0 Å². The highest BCUT2D eigenvalue weighted by atomic mass is 31.3. The maximum atomic E-state index is 12.8. The van der Waals surface area contributed by atoms with E-state index in [-0.39, 0.29) is 24.8 Å². The average Bonchev–Trinajstić information content (AvgIpc) is 3.60. The number of esters is 2. The van der Waals surface area contributed by atoms with Gasteiger partial charge in [-0.25, -0.2) is 13.9 Å². The van der Waals surface area contributed by atoms with Crippen LogP contribution in [0.1, 0.15) is 142 Å². The van der Waals surface area contributed by atoms with Gasteiger partial charge in [-0.2, -0.15) is 9.29 Å². The summed E-state index contributed by atoms with van der Waals surface area (Å²) < 4.78 is 56.6. The normalized spacial score (nSPS) is 20.3. The Morgan fingerprint density at radius 1 is 0.746 bits per heavy atom. The van der Waals surface area contributed by atoms with Gasteiger partial charge in [0.15, 0.2) is 12.3 Å². The van der Waals surface area contributed by atoms with Crippen molar-refractivity contribution in [3.05, 3.63) is 108 Å². The van der Waals surface area contributed by atoms with Crippen LogP contribution in [-0.4, -0.2) is 96.9 Å². The lowest BCUT2D eigenvalue weighted by Crippen LogP contribution is -2.36. The molecule has 0 amide bonds. The van der Waals surface area contributed by atoms with E-state index in [1.54, 1.807) is 0 Å². The first-order valence-corrected chi connectivity index (χ1v) is 27.7. The SMILES string of the molecule is CC/C=C\C/C=C\C/C=C\CCCCCCCC(=O)O[C@H](COC(=O)CCC/C=C\C/C=C\C/C=C\C/C=C\CC(O)CCC)COP(=O)(O)OP(=O)(O)OC[C@H]1O[C@@H](n2ccc(N)nc2=O)[C@H](O)[C@@H]1O. The molecule has 0 spiro atoms. The number of hydrogen-bond acceptors (Lipinski definition) is 16. The Morgan fingerprint density at radius 3 is 1.92 bits per heavy atom. The molecule has 7 N–H and O–H groups in total. The number of anilines is 1. The minimum Gasteiger partial charge on any atom is -0.462 e. The summed E-state index contributed by atoms with van der Waals surface area (Å²) in [7, 11) is -10.9. The van der Waals surface area contributed by atoms with Gasteiger partial charge in [-0.05, 0) is 89.5 Å². The Morgan fingerprint density at radius 2 is 1.30 bits per heavy atom. The number of allylic oxidation sites excluding steroid dienone is 13. The number of unbranched alkanes of at least 4 members (excludes halogenated alkanes) is 6. The van der Waals surface area contributed by atoms with Crippen molar-refractivity contribution < 1.29 is 71.4 Å². The maximum Gasteiger partial charge on any atom is 0.481 e. The molecule has 71 heavy (non-hydrogen) atoms. The van der Waals surface area contributed by atoms with Crippen molar-refractivity contribution in [2.75, 3.05) is 25.6 Å². The minimum atomic E-state index is -5.45. The van der Waals surface area contributed by atoms with Gasteiger partial charge < -0.3 is 45.1 Å². The number of carbonyl (C=O) groups is 2. The van der Waals surface area contributed by atoms with Crippen LogP contribution in [0, 0.1) is 0 Å². The first-order chi connectivity index (χ1) is 34.1. The number of nitrogens with zero attached hydrogens (tertiary/aromatic N) is 2. The van der Waals surface area contributed by atoms with E-state index in [2.05, 4.69) is 70.9 Å². The largest absolute Gasteiger partial charge is 0.481 e. The lowest BCUT2D eigenvalue weighted by Gasteiger charge is -2.21. The molecule has 1 aliphatic rings. The zero-order valence-corrected chi connectivity index (χ0v) is 43.1. The van der Waals surface area contributed by atoms with Crippen LogP contribution in [0.5, 0.6) is 0 Å². The van der Waals surface area contributed by atoms with E-state index in [0.717, 1.165) is 94.2 Å². The highest BCUT2D eigenvalue weighted by Crippen LogP contribution is 2.60. The van der Waals surface area contributed by atoms with Gasteiger partial charge in [0.05, 0.1) is 19.3 Å². The second kappa shape index (κ2) is 37.6. The third-order valence-corrected chi connectivity index (χ3v) is 13.1. The molecule has 1 saturated heterocycles. The lowest BCUT2D eigenvalue weighted by atomic mass is 10.1. The fraction of sp³-hybridized carbons (Fsp3) is 0.600. The summed E-state index contributed by atoms with van der Waals surface area (Å²) in [5.74, 6) is -1.42. The third-order valence-electron chi connectivity index (χ3n) is 10.5. The van der Waals surface area contributed by atoms with Gasteiger partial charge in [-0.1, -0.05) is 125 Å². The van der Waals surface area contributed by atoms with Crippen molar-refractivity contribution >= 4 is 33.4 Å². The molecule has 0 aromatic carbocycles. The van der Waals surface area contributed by atoms with Gasteiger partial charge in [-0.3, -0.25) is 23.2 Å². The van der Waals surface area contributed by atoms with E-state index in [1.165, 1.54) is 6.07 Å². The van der Waals surface area contributed by atoms with E-state index in [1.807, 2.05) is 37.3 Å². The number of carbonyl (C=O) groups excluding carboxylic acids is 2. The van der Waals surface area contributed by atoms with Crippen LogP contribution in [0.4, 0.5) is 5.82 Å². The molecule has 19 nitrogen and oxygen atoms in total. The predicted octanol–water partition coefficient (Wildman–Crippen LogP) is 8.86. The quantitative estimate of drug-likeness (QED) is 0.0155. The number of rotatable bonds is 39. The zero-order chi connectivity index (χ0) is 52.2. The third kappa shape index (κ3) is 30.5. The number of nitrogens with two attached hydrogens (primary N) is 1. The topological polar surface area (TPSA) is 286 Å². The molecule has 0 bridgehead atoms. The van der Waals surface area contributed by atoms with Gasteiger partial charge in [0.1, 0.15) is 30.7 Å². The highest BCUT2D eigenvalue weighted by molar-refractivity contribution is 7.61. The summed E-state index contributed by atoms with van der Waals surface area (Å²) in [5, 5.41) is 30.7. The number of aliphatic hydroxyl groups excluding tert-OH is 3. The Labute approximate surface area is 419 Å². The fourth-order valence-electron chi connectivity index (χ4n) is 6.75. The molecule has 1 aliphatic heterocycles. The summed E-state index contributed by atoms with van der Waals surface area (Å²) in [5.41, 5.74) is 4.57. The Bertz CT molecular complexity index is 2040. The number of phosphoric ester groups is 2. The molecule has 0 aliphatic carbocycles. The minimum absolute atomic E-state index is 0.00668. The van der Waals surface area contributed by atoms with Crippen molar-refractivity contribution in [3.8, 4) is 0 Å². The Kier molecular flexibility index (Phi) is 33.4. The summed E-state index contributed by atoms with van der Waals surface area (Å²) in [6.45, 7) is 1.75. The van der Waals surface area contributed by atoms with Crippen LogP contribution in [-0.2, 0) is 46.3 Å². The molecular weight excluding hydrogens is 961 g/mol. The molecular formula is C50H79N3O16P2. The predicted molar refractivity (Wildman–Crippen MR) is 271 cm³/mol. The van der Waals surface area contributed by atoms with E-state index >= 15 is 0 Å². The van der Waals surface area contributed by atoms with Crippen molar-refractivity contribution in [2.24, 2.45) is 0 Å². The molecule has 400 valence electrons. The van der Waals surface area contributed by atoms with E-state index in [4.69, 9.17) is 29.0 Å². The monoisotopic (exact) mass is 1040 g/mol. The summed E-state index contributed by atoms with van der Waals surface area (Å²) in [6.07, 6.45) is 35.9. The number of aliphatic hydroxyl groups is 3. The van der Waals surface area contributed by atoms with Crippen LogP contribution in [0.2, 0.25) is 0 Å². The summed E-state index contributed by atoms with van der Waals surface area (Å²) >= 11 is 0. The second-order valence-corrected chi connectivity index (χ2v) is 19.8. The molecule has 21 heteroatoms. The van der Waals surface area contributed by atoms with Crippen molar-refractivity contribution in [2.45, 2.75) is 173 Å². The lowest BCUT2D eigenvalue weighted by molar-refractivity contribution is -0.161. The number of ether oxygens (including phenoxy) is 3. The van der Waals surface area contributed by atoms with E-state index in [9.17, 15) is 48.6 Å². The van der Waals surface area contributed by atoms with Gasteiger partial charge in [-0.15, -0.1) is 0 Å². The molecule has 1 aromatic rings. The zero-order valence-electron chi connectivity index (χ0n) is 41.4. The van der Waals surface area contributed by atoms with Crippen LogP contribution >= 0.6 is 15.6 Å². The first-order valence-electron chi connectivity index (χ1n) is 24.7. The van der Waals surface area contributed by atoms with Crippen LogP contribution in [0.15, 0.2) is 102 Å². The van der Waals surface area contributed by atoms with Gasteiger partial charge >= 0.3 is 33.3 Å². The Hall–Kier alpha value is -4.10. The molecule has 1 fully saturated rings. The smallest absolute Gasteiger partial charge is 0.462 e. The number of hydrogen-bond donors (Lipinski definition) is 6. The van der Waals surface area contributed by atoms with Crippen LogP contribution in [0.25, 0.3) is 0 Å². The molecule has 3 unspecified atom stereocenters. The second-order valence-electron chi connectivity index (χ2n) is 16.8. The van der Waals surface area contributed by atoms with Crippen molar-refractivity contribution in [1.29, 1.82) is 0 Å². The fourth-order valence-corrected chi connectivity index (χ4v) is 8.86. The summed E-state index contributed by atoms with van der Waals surface area (Å²) in [6, 6.07) is 1.24. The van der Waals surface area contributed by atoms with E-state index < -0.39 is 83.7 Å². The standard InChI is InChI=1S/C50H79N3O16P2/c1-3-5-6-7-8-9-10-11-12-15-19-22-25-28-31-35-46(56)67-42(38-64-45(55)34-30-27-24-21-18-16-13-14-17-20-23-26-29-33-41(54)32-4-2)39-65-70(60,61)69-71(62,63)66-40-43-47(57)48(58)49(68-43)53-37-36-44(51)52-50(53)59/h5-6,8-9,11-13,16-17,20-21,24,26,29,36-37,41-43,47-49,54,57-58H,3-4,7,10,14-15,18-19,22-23,25,27-28,30-35,38-40H2,1-2H3,(H,60,61)(H,62,63)(H2,51,52,59)/b6-5-,9-8-,12-11-,16-13-,20-17-,24-21-,29-26-/t41?,42-,43-,47-,48-,49-/m1/s1. The van der Waals surface area contributed by atoms with Gasteiger partial charge in [0.25, 0.3) is 0 Å². The maximum absolute atomic E-state index is 12.8. The molecule has 0 saturated carbocycles. The molecule has 0 radical (unpaired) electrons. The molecule has 2 heterocycles. The Balaban J connectivity index is 1.85. The van der Waals surface area contributed by atoms with Crippen LogP contribution in [0.3, 0.4) is 0 Å². The highest BCUT2D eigenvalue weighted by Gasteiger charge is 2.46. The van der Waals surface area contributed by atoms with E-state index in [0.29, 0.717) is 25.7 Å². The molecule has 2 rings (SSSR count). The van der Waals surface area contributed by atoms with Crippen LogP contribution < -0.4 is 11.4 Å².